The summed E-state index contributed by atoms with van der Waals surface area (Å²) < 4.78 is 28.1. The topological polar surface area (TPSA) is 86.7 Å². The zero-order chi connectivity index (χ0) is 22.2. The molecule has 0 bridgehead atoms. The molecule has 0 saturated carbocycles. The number of carbonyl (C=O) groups excluding carboxylic acids is 1. The second-order valence-electron chi connectivity index (χ2n) is 8.30. The maximum atomic E-state index is 13.3. The molecule has 1 saturated heterocycles. The van der Waals surface area contributed by atoms with Crippen molar-refractivity contribution in [3.63, 3.8) is 0 Å². The van der Waals surface area contributed by atoms with Gasteiger partial charge in [0.05, 0.1) is 26.4 Å². The van der Waals surface area contributed by atoms with Gasteiger partial charge in [0.2, 0.25) is 13.1 Å². The lowest BCUT2D eigenvalue weighted by Gasteiger charge is -2.32. The van der Waals surface area contributed by atoms with Gasteiger partial charge in [0.1, 0.15) is 0 Å². The first kappa shape index (κ1) is 22.9. The lowest BCUT2D eigenvalue weighted by atomic mass is 9.92. The molecule has 0 radical (unpaired) electrons. The van der Waals surface area contributed by atoms with E-state index in [0.29, 0.717) is 31.1 Å². The van der Waals surface area contributed by atoms with Crippen LogP contribution in [0, 0.1) is 0 Å². The van der Waals surface area contributed by atoms with Crippen LogP contribution in [0.25, 0.3) is 0 Å². The summed E-state index contributed by atoms with van der Waals surface area (Å²) >= 11 is 0. The van der Waals surface area contributed by atoms with Crippen LogP contribution in [0.4, 0.5) is 0 Å². The van der Waals surface area contributed by atoms with Crippen LogP contribution in [0.15, 0.2) is 30.0 Å². The van der Waals surface area contributed by atoms with Crippen molar-refractivity contribution in [1.29, 1.82) is 0 Å². The van der Waals surface area contributed by atoms with E-state index >= 15 is 0 Å². The van der Waals surface area contributed by atoms with E-state index in [1.54, 1.807) is 0 Å². The number of benzene rings is 1. The molecule has 3 heterocycles. The zero-order valence-corrected chi connectivity index (χ0v) is 18.5. The Hall–Kier alpha value is -2.29. The Bertz CT molecular complexity index is 789. The van der Waals surface area contributed by atoms with Crippen molar-refractivity contribution < 1.29 is 33.6 Å². The van der Waals surface area contributed by atoms with E-state index in [9.17, 15) is 4.79 Å². The second-order valence-corrected chi connectivity index (χ2v) is 8.30. The predicted octanol–water partition coefficient (Wildman–Crippen LogP) is 2.95. The summed E-state index contributed by atoms with van der Waals surface area (Å²) in [6.07, 6.45) is 7.53. The van der Waals surface area contributed by atoms with Gasteiger partial charge in [-0.05, 0) is 36.6 Å². The Kier molecular flexibility index (Phi) is 8.25. The smallest absolute Gasteiger partial charge is 0.288 e. The third-order valence-corrected chi connectivity index (χ3v) is 6.00. The van der Waals surface area contributed by atoms with E-state index in [1.807, 2.05) is 29.2 Å². The Morgan fingerprint density at radius 2 is 1.81 bits per heavy atom. The lowest BCUT2D eigenvalue weighted by molar-refractivity contribution is -0.156. The van der Waals surface area contributed by atoms with Gasteiger partial charge in [0, 0.05) is 25.4 Å². The molecule has 176 valence electrons. The number of hydrogen-bond donors (Lipinski definition) is 1. The normalized spacial score (nSPS) is 23.2. The minimum atomic E-state index is -0.554. The highest BCUT2D eigenvalue weighted by molar-refractivity contribution is 5.91. The molecular formula is C24H33NO7. The van der Waals surface area contributed by atoms with Crippen LogP contribution in [0.3, 0.4) is 0 Å². The first-order valence-electron chi connectivity index (χ1n) is 11.6. The van der Waals surface area contributed by atoms with Gasteiger partial charge in [-0.2, -0.15) is 0 Å². The standard InChI is InChI=1S/C24H33NO7/c26-10-11-28-12-13-29-23-16-19(18-6-7-20-21(14-18)31-17-30-20)15-22(32-23)24(27)25-8-4-2-1-3-5-9-25/h6-7,14-15,19,23,26H,1-5,8-13,16-17H2. The Morgan fingerprint density at radius 1 is 1.03 bits per heavy atom. The fourth-order valence-electron chi connectivity index (χ4n) is 4.30. The van der Waals surface area contributed by atoms with Crippen molar-refractivity contribution >= 4 is 5.91 Å². The SMILES string of the molecule is O=C(C1=CC(c2ccc3c(c2)OCO3)CC(OCCOCCO)O1)N1CCCCCCC1. The van der Waals surface area contributed by atoms with Crippen LogP contribution in [-0.4, -0.2) is 68.5 Å². The monoisotopic (exact) mass is 447 g/mol. The summed E-state index contributed by atoms with van der Waals surface area (Å²) in [6, 6.07) is 5.87. The number of allylic oxidation sites excluding steroid dienone is 1. The molecule has 4 rings (SSSR count). The van der Waals surface area contributed by atoms with Crippen LogP contribution in [-0.2, 0) is 19.0 Å². The van der Waals surface area contributed by atoms with Crippen molar-refractivity contribution in [2.24, 2.45) is 0 Å². The van der Waals surface area contributed by atoms with Gasteiger partial charge in [0.15, 0.2) is 17.3 Å². The Labute approximate surface area is 189 Å². The van der Waals surface area contributed by atoms with Gasteiger partial charge in [-0.25, -0.2) is 0 Å². The quantitative estimate of drug-likeness (QED) is 0.613. The van der Waals surface area contributed by atoms with Gasteiger partial charge in [-0.1, -0.05) is 25.3 Å². The molecule has 3 aliphatic heterocycles. The molecule has 1 fully saturated rings. The molecule has 8 nitrogen and oxygen atoms in total. The highest BCUT2D eigenvalue weighted by atomic mass is 16.7. The Morgan fingerprint density at radius 3 is 2.62 bits per heavy atom. The number of carbonyl (C=O) groups is 1. The Balaban J connectivity index is 1.48. The summed E-state index contributed by atoms with van der Waals surface area (Å²) in [5, 5.41) is 8.84. The first-order valence-corrected chi connectivity index (χ1v) is 11.6. The molecule has 1 N–H and O–H groups in total. The number of amides is 1. The van der Waals surface area contributed by atoms with E-state index in [2.05, 4.69) is 0 Å². The fourth-order valence-corrected chi connectivity index (χ4v) is 4.30. The van der Waals surface area contributed by atoms with Gasteiger partial charge in [-0.15, -0.1) is 0 Å². The number of ether oxygens (including phenoxy) is 5. The summed E-state index contributed by atoms with van der Waals surface area (Å²) in [7, 11) is 0. The zero-order valence-electron chi connectivity index (χ0n) is 18.5. The van der Waals surface area contributed by atoms with Crippen molar-refractivity contribution in [2.45, 2.75) is 50.7 Å². The molecule has 0 spiro atoms. The van der Waals surface area contributed by atoms with Crippen molar-refractivity contribution in [3.8, 4) is 11.5 Å². The summed E-state index contributed by atoms with van der Waals surface area (Å²) in [5.41, 5.74) is 1.03. The summed E-state index contributed by atoms with van der Waals surface area (Å²) in [6.45, 7) is 2.67. The third kappa shape index (κ3) is 5.94. The van der Waals surface area contributed by atoms with E-state index in [-0.39, 0.29) is 31.8 Å². The molecule has 8 heteroatoms. The van der Waals surface area contributed by atoms with Crippen LogP contribution < -0.4 is 9.47 Å². The van der Waals surface area contributed by atoms with Gasteiger partial charge in [-0.3, -0.25) is 4.79 Å². The highest BCUT2D eigenvalue weighted by Crippen LogP contribution is 2.38. The van der Waals surface area contributed by atoms with Crippen LogP contribution in [0.2, 0.25) is 0 Å². The molecule has 2 unspecified atom stereocenters. The number of hydrogen-bond acceptors (Lipinski definition) is 7. The van der Waals surface area contributed by atoms with Gasteiger partial charge < -0.3 is 33.7 Å². The summed E-state index contributed by atoms with van der Waals surface area (Å²) in [4.78, 5) is 15.2. The molecule has 0 aliphatic carbocycles. The van der Waals surface area contributed by atoms with E-state index in [1.165, 1.54) is 6.42 Å². The number of rotatable bonds is 8. The number of nitrogens with zero attached hydrogens (tertiary/aromatic N) is 1. The molecule has 0 aromatic heterocycles. The fraction of sp³-hybridized carbons (Fsp3) is 0.625. The molecule has 1 aromatic rings. The average Bonchev–Trinajstić information content (AvgIpc) is 3.26. The molecular weight excluding hydrogens is 414 g/mol. The van der Waals surface area contributed by atoms with Crippen molar-refractivity contribution in [2.75, 3.05) is 46.3 Å². The first-order chi connectivity index (χ1) is 15.7. The van der Waals surface area contributed by atoms with E-state index in [4.69, 9.17) is 28.8 Å². The maximum absolute atomic E-state index is 13.3. The van der Waals surface area contributed by atoms with Crippen LogP contribution in [0.5, 0.6) is 11.5 Å². The van der Waals surface area contributed by atoms with Crippen molar-refractivity contribution in [3.05, 3.63) is 35.6 Å². The van der Waals surface area contributed by atoms with E-state index in [0.717, 1.165) is 50.1 Å². The van der Waals surface area contributed by atoms with E-state index < -0.39 is 6.29 Å². The van der Waals surface area contributed by atoms with Crippen molar-refractivity contribution in [1.82, 2.24) is 4.90 Å². The number of aliphatic hydroxyl groups is 1. The minimum Gasteiger partial charge on any atom is -0.459 e. The molecule has 1 aromatic carbocycles. The van der Waals surface area contributed by atoms with Gasteiger partial charge in [0.25, 0.3) is 5.91 Å². The molecule has 3 aliphatic rings. The lowest BCUT2D eigenvalue weighted by Crippen LogP contribution is -2.38. The number of fused-ring (bicyclic) bond motifs is 1. The number of aliphatic hydroxyl groups excluding tert-OH is 1. The van der Waals surface area contributed by atoms with Crippen LogP contribution in [0.1, 0.15) is 50.0 Å². The predicted molar refractivity (Wildman–Crippen MR) is 116 cm³/mol. The summed E-state index contributed by atoms with van der Waals surface area (Å²) in [5.74, 6) is 1.68. The molecule has 32 heavy (non-hydrogen) atoms. The largest absolute Gasteiger partial charge is 0.459 e. The third-order valence-electron chi connectivity index (χ3n) is 6.00. The second kappa shape index (κ2) is 11.5. The average molecular weight is 448 g/mol. The number of likely N-dealkylation sites (tertiary alicyclic amines) is 1. The maximum Gasteiger partial charge on any atom is 0.288 e. The highest BCUT2D eigenvalue weighted by Gasteiger charge is 2.31. The van der Waals surface area contributed by atoms with Gasteiger partial charge >= 0.3 is 0 Å². The van der Waals surface area contributed by atoms with Crippen LogP contribution >= 0.6 is 0 Å². The molecule has 2 atom stereocenters. The minimum absolute atomic E-state index is 0.0245. The molecule has 1 amide bonds.